The Kier molecular flexibility index (Phi) is 8.68. The normalized spacial score (nSPS) is 21.7. The van der Waals surface area contributed by atoms with Crippen LogP contribution in [0, 0.1) is 6.92 Å². The Bertz CT molecular complexity index is 1300. The van der Waals surface area contributed by atoms with E-state index >= 15 is 0 Å². The smallest absolute Gasteiger partial charge is 0.416 e. The van der Waals surface area contributed by atoms with Gasteiger partial charge in [-0.1, -0.05) is 44.2 Å². The van der Waals surface area contributed by atoms with Gasteiger partial charge in [-0.25, -0.2) is 0 Å². The van der Waals surface area contributed by atoms with Crippen LogP contribution in [0.15, 0.2) is 54.6 Å². The van der Waals surface area contributed by atoms with Gasteiger partial charge in [0.05, 0.1) is 11.6 Å². The summed E-state index contributed by atoms with van der Waals surface area (Å²) in [6, 6.07) is 14.9. The Balaban J connectivity index is 1.27. The van der Waals surface area contributed by atoms with Gasteiger partial charge in [-0.2, -0.15) is 13.2 Å². The molecule has 220 valence electrons. The molecule has 10 heteroatoms. The van der Waals surface area contributed by atoms with Crippen LogP contribution in [0.25, 0.3) is 0 Å². The van der Waals surface area contributed by atoms with E-state index in [0.29, 0.717) is 41.8 Å². The molecule has 2 fully saturated rings. The Morgan fingerprint density at radius 2 is 1.66 bits per heavy atom. The molecule has 1 N–H and O–H groups in total. The molecule has 4 atom stereocenters. The monoisotopic (exact) mass is 569 g/mol. The van der Waals surface area contributed by atoms with Crippen LogP contribution in [-0.4, -0.2) is 50.8 Å². The molecule has 5 rings (SSSR count). The molecule has 41 heavy (non-hydrogen) atoms. The molecule has 1 aromatic heterocycles. The van der Waals surface area contributed by atoms with Crippen molar-refractivity contribution >= 4 is 5.91 Å². The van der Waals surface area contributed by atoms with Crippen molar-refractivity contribution < 1.29 is 22.7 Å². The van der Waals surface area contributed by atoms with Crippen molar-refractivity contribution in [2.45, 2.75) is 89.1 Å². The van der Waals surface area contributed by atoms with Gasteiger partial charge in [0.2, 0.25) is 0 Å². The number of nitrogens with zero attached hydrogens (tertiary/aromatic N) is 4. The minimum Gasteiger partial charge on any atom is -0.484 e. The fourth-order valence-corrected chi connectivity index (χ4v) is 6.46. The van der Waals surface area contributed by atoms with Crippen molar-refractivity contribution in [3.8, 4) is 5.75 Å². The summed E-state index contributed by atoms with van der Waals surface area (Å²) in [4.78, 5) is 15.4. The van der Waals surface area contributed by atoms with Crippen molar-refractivity contribution in [3.05, 3.63) is 77.4 Å². The second-order valence-electron chi connectivity index (χ2n) is 11.5. The number of amides is 1. The number of aromatic nitrogens is 3. The summed E-state index contributed by atoms with van der Waals surface area (Å²) < 4.78 is 47.5. The number of piperidine rings is 1. The van der Waals surface area contributed by atoms with E-state index in [1.54, 1.807) is 12.1 Å². The summed E-state index contributed by atoms with van der Waals surface area (Å²) in [7, 11) is 0. The number of hydrogen-bond acceptors (Lipinski definition) is 5. The SMILES string of the molecule is Cc1nnc(C(C)C)n1C1C[C@H]2CC[C@@H](C1)N2CC[C@H](NC(=O)COc1ccccc1)c1ccc(C(F)(F)F)cc1. The van der Waals surface area contributed by atoms with Crippen LogP contribution in [0.3, 0.4) is 0 Å². The summed E-state index contributed by atoms with van der Waals surface area (Å²) in [6.07, 6.45) is 0.420. The van der Waals surface area contributed by atoms with Crippen molar-refractivity contribution in [3.63, 3.8) is 0 Å². The zero-order valence-electron chi connectivity index (χ0n) is 23.8. The lowest BCUT2D eigenvalue weighted by molar-refractivity contribution is -0.137. The molecular formula is C31H38F3N5O2. The number of hydrogen-bond donors (Lipinski definition) is 1. The summed E-state index contributed by atoms with van der Waals surface area (Å²) in [6.45, 7) is 6.88. The summed E-state index contributed by atoms with van der Waals surface area (Å²) >= 11 is 0. The molecule has 7 nitrogen and oxygen atoms in total. The van der Waals surface area contributed by atoms with Crippen molar-refractivity contribution in [2.75, 3.05) is 13.2 Å². The Hall–Kier alpha value is -3.40. The Labute approximate surface area is 239 Å². The maximum absolute atomic E-state index is 13.2. The van der Waals surface area contributed by atoms with Gasteiger partial charge in [-0.05, 0) is 68.9 Å². The average Bonchev–Trinajstić information content (AvgIpc) is 3.45. The van der Waals surface area contributed by atoms with Gasteiger partial charge in [0.15, 0.2) is 6.61 Å². The quantitative estimate of drug-likeness (QED) is 0.314. The summed E-state index contributed by atoms with van der Waals surface area (Å²) in [5, 5.41) is 11.8. The second-order valence-corrected chi connectivity index (χ2v) is 11.5. The minimum atomic E-state index is -4.41. The first kappa shape index (κ1) is 29.1. The van der Waals surface area contributed by atoms with Crippen LogP contribution < -0.4 is 10.1 Å². The number of benzene rings is 2. The number of para-hydroxylation sites is 1. The minimum absolute atomic E-state index is 0.172. The first-order valence-corrected chi connectivity index (χ1v) is 14.4. The molecule has 3 aromatic rings. The highest BCUT2D eigenvalue weighted by Gasteiger charge is 2.42. The van der Waals surface area contributed by atoms with E-state index in [1.165, 1.54) is 12.1 Å². The van der Waals surface area contributed by atoms with Gasteiger partial charge in [0, 0.05) is 30.6 Å². The number of ether oxygens (including phenoxy) is 1. The molecule has 2 saturated heterocycles. The summed E-state index contributed by atoms with van der Waals surface area (Å²) in [5.74, 6) is 2.55. The van der Waals surface area contributed by atoms with Gasteiger partial charge >= 0.3 is 6.18 Å². The van der Waals surface area contributed by atoms with Crippen LogP contribution in [0.4, 0.5) is 13.2 Å². The number of aryl methyl sites for hydroxylation is 1. The van der Waals surface area contributed by atoms with E-state index < -0.39 is 17.8 Å². The molecular weight excluding hydrogens is 531 g/mol. The van der Waals surface area contributed by atoms with Crippen LogP contribution in [0.5, 0.6) is 5.75 Å². The molecule has 2 aromatic carbocycles. The molecule has 0 spiro atoms. The second kappa shape index (κ2) is 12.2. The number of nitrogens with one attached hydrogen (secondary N) is 1. The Morgan fingerprint density at radius 1 is 1.00 bits per heavy atom. The maximum atomic E-state index is 13.2. The van der Waals surface area contributed by atoms with Crippen LogP contribution in [0.2, 0.25) is 0 Å². The predicted octanol–water partition coefficient (Wildman–Crippen LogP) is 6.22. The molecule has 2 aliphatic heterocycles. The summed E-state index contributed by atoms with van der Waals surface area (Å²) in [5.41, 5.74) is -0.0566. The van der Waals surface area contributed by atoms with E-state index in [0.717, 1.165) is 56.0 Å². The number of fused-ring (bicyclic) bond motifs is 2. The van der Waals surface area contributed by atoms with Crippen LogP contribution in [0.1, 0.15) is 86.7 Å². The predicted molar refractivity (Wildman–Crippen MR) is 150 cm³/mol. The van der Waals surface area contributed by atoms with Crippen LogP contribution in [-0.2, 0) is 11.0 Å². The van der Waals surface area contributed by atoms with Gasteiger partial charge in [-0.15, -0.1) is 10.2 Å². The highest BCUT2D eigenvalue weighted by molar-refractivity contribution is 5.78. The molecule has 3 heterocycles. The highest BCUT2D eigenvalue weighted by Crippen LogP contribution is 2.42. The van der Waals surface area contributed by atoms with Crippen molar-refractivity contribution in [1.82, 2.24) is 25.0 Å². The number of rotatable bonds is 10. The maximum Gasteiger partial charge on any atom is 0.416 e. The third-order valence-corrected chi connectivity index (χ3v) is 8.40. The van der Waals surface area contributed by atoms with E-state index in [2.05, 4.69) is 38.8 Å². The standard InChI is InChI=1S/C31H38F3N5O2/c1-20(2)30-37-36-21(3)39(30)26-17-24-13-14-25(18-26)38(24)16-15-28(22-9-11-23(12-10-22)31(32,33)34)35-29(40)19-41-27-7-5-4-6-8-27/h4-12,20,24-26,28H,13-19H2,1-3H3,(H,35,40)/t24-,25+,26?,28-/m0/s1. The number of carbonyl (C=O) groups is 1. The van der Waals surface area contributed by atoms with Gasteiger partial charge in [0.1, 0.15) is 17.4 Å². The fourth-order valence-electron chi connectivity index (χ4n) is 6.46. The lowest BCUT2D eigenvalue weighted by Gasteiger charge is -2.40. The largest absolute Gasteiger partial charge is 0.484 e. The lowest BCUT2D eigenvalue weighted by Crippen LogP contribution is -2.45. The molecule has 2 bridgehead atoms. The van der Waals surface area contributed by atoms with Gasteiger partial charge in [-0.3, -0.25) is 9.69 Å². The third kappa shape index (κ3) is 6.74. The number of carbonyl (C=O) groups excluding carboxylic acids is 1. The van der Waals surface area contributed by atoms with E-state index in [-0.39, 0.29) is 12.5 Å². The first-order valence-electron chi connectivity index (χ1n) is 14.4. The highest BCUT2D eigenvalue weighted by atomic mass is 19.4. The first-order chi connectivity index (χ1) is 19.6. The Morgan fingerprint density at radius 3 is 2.27 bits per heavy atom. The van der Waals surface area contributed by atoms with E-state index in [4.69, 9.17) is 4.74 Å². The molecule has 0 saturated carbocycles. The van der Waals surface area contributed by atoms with Gasteiger partial charge in [0.25, 0.3) is 5.91 Å². The number of halogens is 3. The molecule has 2 aliphatic rings. The fraction of sp³-hybridized carbons (Fsp3) is 0.516. The lowest BCUT2D eigenvalue weighted by atomic mass is 9.94. The molecule has 1 unspecified atom stereocenters. The van der Waals surface area contributed by atoms with Crippen molar-refractivity contribution in [2.24, 2.45) is 0 Å². The third-order valence-electron chi connectivity index (χ3n) is 8.40. The number of alkyl halides is 3. The van der Waals surface area contributed by atoms with Gasteiger partial charge < -0.3 is 14.6 Å². The molecule has 1 amide bonds. The van der Waals surface area contributed by atoms with E-state index in [9.17, 15) is 18.0 Å². The van der Waals surface area contributed by atoms with Crippen molar-refractivity contribution in [1.29, 1.82) is 0 Å². The van der Waals surface area contributed by atoms with E-state index in [1.807, 2.05) is 25.1 Å². The zero-order valence-corrected chi connectivity index (χ0v) is 23.8. The topological polar surface area (TPSA) is 72.3 Å². The van der Waals surface area contributed by atoms with Crippen LogP contribution >= 0.6 is 0 Å². The zero-order chi connectivity index (χ0) is 29.1. The molecule has 0 radical (unpaired) electrons. The molecule has 0 aliphatic carbocycles. The average molecular weight is 570 g/mol.